The van der Waals surface area contributed by atoms with Gasteiger partial charge in [-0.1, -0.05) is 29.8 Å². The van der Waals surface area contributed by atoms with Crippen molar-refractivity contribution in [2.45, 2.75) is 0 Å². The number of methoxy groups -OCH3 is 2. The number of hydrogen-bond acceptors (Lipinski definition) is 3. The Bertz CT molecular complexity index is 928. The first-order valence-electron chi connectivity index (χ1n) is 7.33. The van der Waals surface area contributed by atoms with Crippen LogP contribution in [-0.4, -0.2) is 25.0 Å². The highest BCUT2D eigenvalue weighted by molar-refractivity contribution is 6.31. The van der Waals surface area contributed by atoms with E-state index in [4.69, 9.17) is 21.1 Å². The Morgan fingerprint density at radius 3 is 2.62 bits per heavy atom. The number of carbonyl (C=O) groups is 1. The van der Waals surface area contributed by atoms with Gasteiger partial charge in [0.25, 0.3) is 0 Å². The Hall–Kier alpha value is -2.72. The second-order valence-electron chi connectivity index (χ2n) is 5.20. The number of benzene rings is 2. The molecule has 0 radical (unpaired) electrons. The van der Waals surface area contributed by atoms with Crippen LogP contribution in [0.4, 0.5) is 0 Å². The van der Waals surface area contributed by atoms with Gasteiger partial charge >= 0.3 is 0 Å². The second-order valence-corrected chi connectivity index (χ2v) is 5.64. The topological polar surface area (TPSA) is 51.3 Å². The zero-order valence-electron chi connectivity index (χ0n) is 13.3. The molecule has 0 fully saturated rings. The van der Waals surface area contributed by atoms with Gasteiger partial charge in [0.2, 0.25) is 0 Å². The van der Waals surface area contributed by atoms with E-state index in [1.807, 2.05) is 18.2 Å². The Labute approximate surface area is 144 Å². The van der Waals surface area contributed by atoms with Crippen LogP contribution in [0.15, 0.2) is 48.7 Å². The average Bonchev–Trinajstić information content (AvgIpc) is 3.02. The summed E-state index contributed by atoms with van der Waals surface area (Å²) in [5.74, 6) is 1.18. The number of fused-ring (bicyclic) bond motifs is 1. The lowest BCUT2D eigenvalue weighted by Gasteiger charge is -2.07. The maximum absolute atomic E-state index is 12.5. The van der Waals surface area contributed by atoms with Crippen LogP contribution in [0.1, 0.15) is 15.9 Å². The highest BCUT2D eigenvalue weighted by Crippen LogP contribution is 2.28. The molecule has 4 nitrogen and oxygen atoms in total. The molecule has 0 spiro atoms. The number of H-pyrrole nitrogens is 1. The predicted octanol–water partition coefficient (Wildman–Crippen LogP) is 4.73. The van der Waals surface area contributed by atoms with Gasteiger partial charge in [-0.05, 0) is 35.9 Å². The number of nitrogens with one attached hydrogen (secondary N) is 1. The van der Waals surface area contributed by atoms with Crippen molar-refractivity contribution in [3.8, 4) is 11.5 Å². The van der Waals surface area contributed by atoms with Gasteiger partial charge < -0.3 is 14.5 Å². The van der Waals surface area contributed by atoms with E-state index in [2.05, 4.69) is 4.98 Å². The van der Waals surface area contributed by atoms with E-state index in [9.17, 15) is 4.79 Å². The smallest absolute Gasteiger partial charge is 0.187 e. The lowest BCUT2D eigenvalue weighted by atomic mass is 10.1. The van der Waals surface area contributed by atoms with Crippen molar-refractivity contribution in [1.82, 2.24) is 4.98 Å². The number of ketones is 1. The minimum absolute atomic E-state index is 0.0849. The summed E-state index contributed by atoms with van der Waals surface area (Å²) in [6, 6.07) is 10.9. The van der Waals surface area contributed by atoms with Crippen LogP contribution >= 0.6 is 11.6 Å². The van der Waals surface area contributed by atoms with Crippen LogP contribution in [0.25, 0.3) is 17.0 Å². The first-order valence-corrected chi connectivity index (χ1v) is 7.71. The minimum atomic E-state index is -0.0849. The molecule has 5 heteroatoms. The first kappa shape index (κ1) is 16.1. The number of ether oxygens (including phenoxy) is 2. The van der Waals surface area contributed by atoms with E-state index in [1.54, 1.807) is 50.8 Å². The molecule has 2 aromatic carbocycles. The summed E-state index contributed by atoms with van der Waals surface area (Å²) in [5.41, 5.74) is 2.30. The lowest BCUT2D eigenvalue weighted by molar-refractivity contribution is 0.104. The molecule has 0 aliphatic rings. The molecule has 24 heavy (non-hydrogen) atoms. The average molecular weight is 342 g/mol. The summed E-state index contributed by atoms with van der Waals surface area (Å²) in [6.07, 6.45) is 4.99. The number of carbonyl (C=O) groups excluding carboxylic acids is 1. The fourth-order valence-corrected chi connectivity index (χ4v) is 2.69. The van der Waals surface area contributed by atoms with E-state index >= 15 is 0 Å². The van der Waals surface area contributed by atoms with Crippen molar-refractivity contribution in [2.24, 2.45) is 0 Å². The number of halogens is 1. The minimum Gasteiger partial charge on any atom is -0.493 e. The second kappa shape index (κ2) is 6.81. The maximum Gasteiger partial charge on any atom is 0.187 e. The molecular weight excluding hydrogens is 326 g/mol. The molecule has 1 N–H and O–H groups in total. The third-order valence-electron chi connectivity index (χ3n) is 3.74. The molecular formula is C19H16ClNO3. The van der Waals surface area contributed by atoms with Crippen molar-refractivity contribution in [2.75, 3.05) is 14.2 Å². The molecule has 0 unspecified atom stereocenters. The third-order valence-corrected chi connectivity index (χ3v) is 3.98. The molecule has 1 aromatic heterocycles. The zero-order chi connectivity index (χ0) is 17.1. The Morgan fingerprint density at radius 1 is 1.08 bits per heavy atom. The Kier molecular flexibility index (Phi) is 4.58. The van der Waals surface area contributed by atoms with E-state index < -0.39 is 0 Å². The SMILES string of the molecule is COc1ccc(C=CC(=O)c2c[nH]c3cc(Cl)ccc23)cc1OC. The number of rotatable bonds is 5. The van der Waals surface area contributed by atoms with E-state index in [0.717, 1.165) is 16.5 Å². The number of allylic oxidation sites excluding steroid dienone is 1. The zero-order valence-corrected chi connectivity index (χ0v) is 14.1. The standard InChI is InChI=1S/C19H16ClNO3/c1-23-18-8-4-12(9-19(18)24-2)3-7-17(22)15-11-21-16-10-13(20)5-6-14(15)16/h3-11,21H,1-2H3. The molecule has 3 rings (SSSR count). The van der Waals surface area contributed by atoms with Crippen LogP contribution < -0.4 is 9.47 Å². The van der Waals surface area contributed by atoms with E-state index in [1.165, 1.54) is 0 Å². The highest BCUT2D eigenvalue weighted by atomic mass is 35.5. The molecule has 122 valence electrons. The van der Waals surface area contributed by atoms with Gasteiger partial charge in [-0.25, -0.2) is 0 Å². The highest BCUT2D eigenvalue weighted by Gasteiger charge is 2.10. The van der Waals surface area contributed by atoms with Crippen molar-refractivity contribution < 1.29 is 14.3 Å². The molecule has 0 amide bonds. The molecule has 0 atom stereocenters. The normalized spacial score (nSPS) is 11.1. The summed E-state index contributed by atoms with van der Waals surface area (Å²) in [6.45, 7) is 0. The fraction of sp³-hybridized carbons (Fsp3) is 0.105. The molecule has 0 saturated heterocycles. The molecule has 0 aliphatic carbocycles. The molecule has 0 aliphatic heterocycles. The molecule has 0 saturated carbocycles. The molecule has 0 bridgehead atoms. The lowest BCUT2D eigenvalue weighted by Crippen LogP contribution is -1.93. The fourth-order valence-electron chi connectivity index (χ4n) is 2.52. The van der Waals surface area contributed by atoms with Gasteiger partial charge in [-0.2, -0.15) is 0 Å². The summed E-state index contributed by atoms with van der Waals surface area (Å²) < 4.78 is 10.5. The summed E-state index contributed by atoms with van der Waals surface area (Å²) >= 11 is 5.96. The van der Waals surface area contributed by atoms with E-state index in [-0.39, 0.29) is 5.78 Å². The monoisotopic (exact) mass is 341 g/mol. The number of hydrogen-bond donors (Lipinski definition) is 1. The molecule has 1 heterocycles. The van der Waals surface area contributed by atoms with Gasteiger partial charge in [0.15, 0.2) is 17.3 Å². The summed E-state index contributed by atoms with van der Waals surface area (Å²) in [7, 11) is 3.16. The van der Waals surface area contributed by atoms with Gasteiger partial charge in [0.05, 0.1) is 14.2 Å². The van der Waals surface area contributed by atoms with Crippen LogP contribution in [0.2, 0.25) is 5.02 Å². The predicted molar refractivity (Wildman–Crippen MR) is 96.2 cm³/mol. The van der Waals surface area contributed by atoms with Gasteiger partial charge in [0, 0.05) is 27.7 Å². The first-order chi connectivity index (χ1) is 11.6. The summed E-state index contributed by atoms with van der Waals surface area (Å²) in [5, 5.41) is 1.48. The number of aromatic nitrogens is 1. The maximum atomic E-state index is 12.5. The van der Waals surface area contributed by atoms with Crippen molar-refractivity contribution in [3.05, 3.63) is 64.8 Å². The quantitative estimate of drug-likeness (QED) is 0.539. The van der Waals surface area contributed by atoms with Gasteiger partial charge in [-0.15, -0.1) is 0 Å². The van der Waals surface area contributed by atoms with Crippen molar-refractivity contribution >= 4 is 34.4 Å². The van der Waals surface area contributed by atoms with Gasteiger partial charge in [-0.3, -0.25) is 4.79 Å². The van der Waals surface area contributed by atoms with Gasteiger partial charge in [0.1, 0.15) is 0 Å². The van der Waals surface area contributed by atoms with E-state index in [0.29, 0.717) is 22.1 Å². The van der Waals surface area contributed by atoms with Crippen LogP contribution in [0, 0.1) is 0 Å². The number of aromatic amines is 1. The Balaban J connectivity index is 1.87. The molecule has 3 aromatic rings. The van der Waals surface area contributed by atoms with Crippen molar-refractivity contribution in [3.63, 3.8) is 0 Å². The van der Waals surface area contributed by atoms with Crippen LogP contribution in [0.5, 0.6) is 11.5 Å². The summed E-state index contributed by atoms with van der Waals surface area (Å²) in [4.78, 5) is 15.5. The third kappa shape index (κ3) is 3.14. The van der Waals surface area contributed by atoms with Crippen molar-refractivity contribution in [1.29, 1.82) is 0 Å². The van der Waals surface area contributed by atoms with Crippen LogP contribution in [-0.2, 0) is 0 Å². The Morgan fingerprint density at radius 2 is 1.88 bits per heavy atom. The largest absolute Gasteiger partial charge is 0.493 e. The van der Waals surface area contributed by atoms with Crippen LogP contribution in [0.3, 0.4) is 0 Å².